The van der Waals surface area contributed by atoms with Gasteiger partial charge in [-0.2, -0.15) is 39.5 Å². The Labute approximate surface area is 470 Å². The minimum atomic E-state index is -5.08. The Morgan fingerprint density at radius 2 is 0.902 bits per heavy atom. The average molecular weight is 1200 g/mol. The van der Waals surface area contributed by atoms with Crippen LogP contribution in [0.4, 0.5) is 39.5 Å². The standard InChI is InChI=1S/C30H37F3N2O5S.C25H28F3NO4S.C2HF3O2/c31-30(32,33)16-3-4-22-6-8-23(9-7-22)24-10-14-26(15-11-24)41(37,38)29(17-19-35(20-18-29)25-12-13-25)28(36)34-40-27-5-1-2-21-39-27;26-25(27,28)13-1-2-18-3-5-19(6-4-18)20-7-11-22(12-8-20)34(32,33)24(23(30)31)14-16-29(17-15-24)21-9-10-21;3-2(4,5)1(6)7/h6-11,14-15,25,27H,1-5,12-13,16-21H2,(H,34,36);3-8,11-12,21H,1-2,9-10,13-17H2,(H,30,31);(H,6,7). The molecule has 14 nitrogen and oxygen atoms in total. The lowest BCUT2D eigenvalue weighted by atomic mass is 9.94. The number of carboxylic acids is 2. The number of carbonyl (C=O) groups excluding carboxylic acids is 1. The van der Waals surface area contributed by atoms with Crippen LogP contribution in [-0.4, -0.2) is 134 Å². The highest BCUT2D eigenvalue weighted by molar-refractivity contribution is 7.94. The van der Waals surface area contributed by atoms with Gasteiger partial charge in [-0.15, -0.1) is 0 Å². The van der Waals surface area contributed by atoms with Crippen molar-refractivity contribution in [2.45, 2.75) is 165 Å². The molecule has 1 amide bonds. The first kappa shape index (κ1) is 64.0. The smallest absolute Gasteiger partial charge is 0.480 e. The van der Waals surface area contributed by atoms with Gasteiger partial charge < -0.3 is 24.7 Å². The van der Waals surface area contributed by atoms with Gasteiger partial charge >= 0.3 is 30.5 Å². The fourth-order valence-electron chi connectivity index (χ4n) is 10.4. The van der Waals surface area contributed by atoms with Gasteiger partial charge in [0, 0.05) is 64.1 Å². The normalized spacial score (nSPS) is 19.8. The molecule has 3 heterocycles. The van der Waals surface area contributed by atoms with Crippen LogP contribution >= 0.6 is 0 Å². The number of nitrogens with one attached hydrogen (secondary N) is 1. The van der Waals surface area contributed by atoms with Crippen molar-refractivity contribution in [3.05, 3.63) is 108 Å². The minimum absolute atomic E-state index is 0.0118. The maximum atomic E-state index is 14.1. The van der Waals surface area contributed by atoms with Crippen LogP contribution in [-0.2, 0) is 56.5 Å². The number of aliphatic carboxylic acids is 2. The van der Waals surface area contributed by atoms with Crippen LogP contribution in [0.1, 0.15) is 107 Å². The Balaban J connectivity index is 0.000000214. The average Bonchev–Trinajstić information content (AvgIpc) is 4.59. The fourth-order valence-corrected chi connectivity index (χ4v) is 14.3. The number of carboxylic acid groups (broad SMARTS) is 2. The van der Waals surface area contributed by atoms with Crippen LogP contribution in [0.5, 0.6) is 0 Å². The van der Waals surface area contributed by atoms with E-state index in [1.54, 1.807) is 60.7 Å². The second-order valence-corrected chi connectivity index (χ2v) is 25.9. The van der Waals surface area contributed by atoms with Crippen LogP contribution in [0.2, 0.25) is 0 Å². The summed E-state index contributed by atoms with van der Waals surface area (Å²) in [7, 11) is -8.18. The van der Waals surface area contributed by atoms with E-state index in [9.17, 15) is 71.0 Å². The zero-order valence-corrected chi connectivity index (χ0v) is 46.3. The van der Waals surface area contributed by atoms with Crippen molar-refractivity contribution < 1.29 is 90.5 Å². The number of carbonyl (C=O) groups is 3. The fraction of sp³-hybridized carbons (Fsp3) is 0.526. The van der Waals surface area contributed by atoms with E-state index < -0.39 is 84.7 Å². The van der Waals surface area contributed by atoms with E-state index in [2.05, 4.69) is 15.3 Å². The second-order valence-electron chi connectivity index (χ2n) is 21.4. The summed E-state index contributed by atoms with van der Waals surface area (Å²) in [6.07, 6.45) is -7.60. The number of rotatable bonds is 18. The Morgan fingerprint density at radius 1 is 0.549 bits per heavy atom. The molecule has 0 bridgehead atoms. The molecule has 82 heavy (non-hydrogen) atoms. The number of alkyl halides is 9. The van der Waals surface area contributed by atoms with Crippen LogP contribution in [0.15, 0.2) is 107 Å². The van der Waals surface area contributed by atoms with Gasteiger partial charge in [-0.3, -0.25) is 9.59 Å². The molecule has 0 radical (unpaired) electrons. The highest BCUT2D eigenvalue weighted by Gasteiger charge is 2.56. The van der Waals surface area contributed by atoms with E-state index in [1.165, 1.54) is 24.3 Å². The number of aryl methyl sites for hydroxylation is 2. The minimum Gasteiger partial charge on any atom is -0.480 e. The zero-order valence-electron chi connectivity index (χ0n) is 44.7. The third-order valence-electron chi connectivity index (χ3n) is 15.6. The lowest BCUT2D eigenvalue weighted by molar-refractivity contribution is -0.202. The number of halogens is 9. The van der Waals surface area contributed by atoms with Gasteiger partial charge in [0.15, 0.2) is 35.5 Å². The SMILES string of the molecule is O=C(NOC1CCCCO1)C1(S(=O)(=O)c2ccc(-c3ccc(CCCC(F)(F)F)cc3)cc2)CCN(C2CC2)CC1.O=C(O)C(F)(F)F.O=C(O)C1(S(=O)(=O)c2ccc(-c3ccc(CCCC(F)(F)F)cc3)cc2)CCN(C2CC2)CC1. The zero-order chi connectivity index (χ0) is 59.7. The van der Waals surface area contributed by atoms with E-state index in [-0.39, 0.29) is 48.3 Å². The Bertz CT molecular complexity index is 3000. The van der Waals surface area contributed by atoms with Gasteiger partial charge in [0.05, 0.1) is 9.79 Å². The molecule has 4 aromatic rings. The number of likely N-dealkylation sites (tertiary alicyclic amines) is 2. The number of hydrogen-bond donors (Lipinski definition) is 3. The number of amides is 1. The van der Waals surface area contributed by atoms with Gasteiger partial charge in [-0.1, -0.05) is 72.8 Å². The van der Waals surface area contributed by atoms with Crippen LogP contribution < -0.4 is 5.48 Å². The Hall–Kier alpha value is -5.60. The molecule has 3 N–H and O–H groups in total. The van der Waals surface area contributed by atoms with Gasteiger partial charge in [0.25, 0.3) is 5.91 Å². The molecule has 2 saturated carbocycles. The molecule has 450 valence electrons. The van der Waals surface area contributed by atoms with E-state index >= 15 is 0 Å². The molecule has 25 heteroatoms. The van der Waals surface area contributed by atoms with Gasteiger partial charge in [-0.05, 0) is 148 Å². The summed E-state index contributed by atoms with van der Waals surface area (Å²) >= 11 is 0. The molecule has 1 atom stereocenters. The number of sulfone groups is 2. The first-order valence-corrected chi connectivity index (χ1v) is 30.1. The molecule has 3 aliphatic heterocycles. The summed E-state index contributed by atoms with van der Waals surface area (Å²) < 4.78 is 163. The highest BCUT2D eigenvalue weighted by Crippen LogP contribution is 2.42. The first-order chi connectivity index (χ1) is 38.5. The Morgan fingerprint density at radius 3 is 1.22 bits per heavy atom. The topological polar surface area (TPSA) is 197 Å². The van der Waals surface area contributed by atoms with Gasteiger partial charge in [0.2, 0.25) is 0 Å². The highest BCUT2D eigenvalue weighted by atomic mass is 32.2. The van der Waals surface area contributed by atoms with Crippen molar-refractivity contribution in [2.24, 2.45) is 0 Å². The van der Waals surface area contributed by atoms with E-state index in [1.807, 2.05) is 12.1 Å². The summed E-state index contributed by atoms with van der Waals surface area (Å²) in [6, 6.07) is 27.9. The maximum absolute atomic E-state index is 14.1. The van der Waals surface area contributed by atoms with Crippen LogP contribution in [0.25, 0.3) is 22.3 Å². The summed E-state index contributed by atoms with van der Waals surface area (Å²) in [5.41, 5.74) is 7.18. The molecule has 3 saturated heterocycles. The maximum Gasteiger partial charge on any atom is 0.490 e. The van der Waals surface area contributed by atoms with Crippen molar-refractivity contribution in [3.63, 3.8) is 0 Å². The van der Waals surface area contributed by atoms with Gasteiger partial charge in [-0.25, -0.2) is 31.9 Å². The predicted molar refractivity (Wildman–Crippen MR) is 283 cm³/mol. The molecule has 4 aromatic carbocycles. The molecule has 1 unspecified atom stereocenters. The van der Waals surface area contributed by atoms with E-state index in [0.717, 1.165) is 71.9 Å². The van der Waals surface area contributed by atoms with Crippen LogP contribution in [0, 0.1) is 0 Å². The lowest BCUT2D eigenvalue weighted by Crippen LogP contribution is -2.58. The quantitative estimate of drug-likeness (QED) is 0.0629. The number of hydrogen-bond acceptors (Lipinski definition) is 11. The molecule has 5 fully saturated rings. The summed E-state index contributed by atoms with van der Waals surface area (Å²) in [6.45, 7) is 2.50. The predicted octanol–water partition coefficient (Wildman–Crippen LogP) is 11.3. The van der Waals surface area contributed by atoms with Crippen molar-refractivity contribution >= 4 is 37.5 Å². The molecule has 2 aliphatic carbocycles. The third-order valence-corrected chi connectivity index (χ3v) is 20.6. The third kappa shape index (κ3) is 16.6. The van der Waals surface area contributed by atoms with Crippen molar-refractivity contribution in [2.75, 3.05) is 32.8 Å². The first-order valence-electron chi connectivity index (χ1n) is 27.1. The molecule has 5 aliphatic rings. The molecule has 0 spiro atoms. The van der Waals surface area contributed by atoms with E-state index in [0.29, 0.717) is 64.1 Å². The van der Waals surface area contributed by atoms with Gasteiger partial charge in [0.1, 0.15) is 0 Å². The number of ether oxygens (including phenoxy) is 1. The number of benzene rings is 4. The van der Waals surface area contributed by atoms with Crippen molar-refractivity contribution in [1.29, 1.82) is 0 Å². The van der Waals surface area contributed by atoms with Crippen molar-refractivity contribution in [1.82, 2.24) is 15.3 Å². The largest absolute Gasteiger partial charge is 0.490 e. The van der Waals surface area contributed by atoms with Crippen LogP contribution in [0.3, 0.4) is 0 Å². The summed E-state index contributed by atoms with van der Waals surface area (Å²) in [5, 5.41) is 17.1. The number of nitrogens with zero attached hydrogens (tertiary/aromatic N) is 2. The lowest BCUT2D eigenvalue weighted by Gasteiger charge is -2.40. The Kier molecular flexibility index (Phi) is 20.7. The summed E-state index contributed by atoms with van der Waals surface area (Å²) in [4.78, 5) is 44.7. The molecular weight excluding hydrogens is 1140 g/mol. The molecule has 0 aromatic heterocycles. The number of hydroxylamine groups is 1. The van der Waals surface area contributed by atoms with Crippen molar-refractivity contribution in [3.8, 4) is 22.3 Å². The second kappa shape index (κ2) is 26.5. The number of piperidine rings is 2. The monoisotopic (exact) mass is 1200 g/mol. The van der Waals surface area contributed by atoms with E-state index in [4.69, 9.17) is 19.5 Å². The molecular formula is C57H66F9N3O11S2. The summed E-state index contributed by atoms with van der Waals surface area (Å²) in [5.74, 6) is -4.71. The molecule has 9 rings (SSSR count).